The summed E-state index contributed by atoms with van der Waals surface area (Å²) in [5, 5.41) is 8.34. The highest BCUT2D eigenvalue weighted by Gasteiger charge is 2.33. The van der Waals surface area contributed by atoms with Gasteiger partial charge in [0.05, 0.1) is 34.1 Å². The van der Waals surface area contributed by atoms with Crippen LogP contribution in [-0.2, 0) is 11.3 Å². The van der Waals surface area contributed by atoms with Crippen molar-refractivity contribution in [3.05, 3.63) is 65.9 Å². The standard InChI is InChI=1S/C26H26F3N5O4S/c1-25(2,3)21(14-37-23(30)36)39-24-32-18-10-6-4-8-16(18)19-12-15(33-34(19)24)13-31-22(35)17-9-5-7-11-20(17)38-26(27,28)29/h4-12,21H,13-14H2,1-3H3,(H2,30,36)(H,31,35). The Bertz CT molecular complexity index is 1520. The largest absolute Gasteiger partial charge is 0.573 e. The number of thioether (sulfide) groups is 1. The van der Waals surface area contributed by atoms with Crippen molar-refractivity contribution in [1.29, 1.82) is 0 Å². The number of nitrogens with zero attached hydrogens (tertiary/aromatic N) is 3. The van der Waals surface area contributed by atoms with E-state index in [1.807, 2.05) is 45.0 Å². The van der Waals surface area contributed by atoms with Gasteiger partial charge in [0.1, 0.15) is 12.4 Å². The number of carbonyl (C=O) groups is 2. The maximum atomic E-state index is 12.8. The molecule has 2 aromatic carbocycles. The number of amides is 2. The monoisotopic (exact) mass is 561 g/mol. The van der Waals surface area contributed by atoms with Crippen molar-refractivity contribution in [1.82, 2.24) is 19.9 Å². The lowest BCUT2D eigenvalue weighted by atomic mass is 9.92. The third-order valence-electron chi connectivity index (χ3n) is 5.72. The summed E-state index contributed by atoms with van der Waals surface area (Å²) in [6.45, 7) is 5.99. The van der Waals surface area contributed by atoms with Gasteiger partial charge in [0.2, 0.25) is 0 Å². The molecule has 0 spiro atoms. The van der Waals surface area contributed by atoms with E-state index in [-0.39, 0.29) is 29.4 Å². The van der Waals surface area contributed by atoms with Gasteiger partial charge in [0.15, 0.2) is 5.16 Å². The number of hydrogen-bond donors (Lipinski definition) is 2. The van der Waals surface area contributed by atoms with Gasteiger partial charge in [-0.1, -0.05) is 62.9 Å². The zero-order valence-corrected chi connectivity index (χ0v) is 22.1. The van der Waals surface area contributed by atoms with E-state index in [2.05, 4.69) is 15.2 Å². The molecule has 0 aliphatic carbocycles. The molecule has 4 aromatic rings. The molecule has 4 rings (SSSR count). The van der Waals surface area contributed by atoms with Crippen LogP contribution in [0.3, 0.4) is 0 Å². The third-order valence-corrected chi connectivity index (χ3v) is 7.32. The predicted molar refractivity (Wildman–Crippen MR) is 139 cm³/mol. The van der Waals surface area contributed by atoms with Gasteiger partial charge in [-0.2, -0.15) is 5.10 Å². The minimum Gasteiger partial charge on any atom is -0.448 e. The van der Waals surface area contributed by atoms with E-state index >= 15 is 0 Å². The maximum absolute atomic E-state index is 12.8. The number of ether oxygens (including phenoxy) is 2. The number of alkyl halides is 3. The molecule has 1 atom stereocenters. The second kappa shape index (κ2) is 11.0. The number of nitrogens with one attached hydrogen (secondary N) is 1. The van der Waals surface area contributed by atoms with Crippen LogP contribution in [0.2, 0.25) is 0 Å². The molecular weight excluding hydrogens is 535 g/mol. The molecule has 0 radical (unpaired) electrons. The minimum absolute atomic E-state index is 0.0586. The van der Waals surface area contributed by atoms with Crippen molar-refractivity contribution < 1.29 is 32.2 Å². The lowest BCUT2D eigenvalue weighted by Gasteiger charge is -2.29. The summed E-state index contributed by atoms with van der Waals surface area (Å²) in [6.07, 6.45) is -5.81. The van der Waals surface area contributed by atoms with Gasteiger partial charge in [0, 0.05) is 5.39 Å². The average Bonchev–Trinajstić information content (AvgIpc) is 3.28. The molecular formula is C26H26F3N5O4S. The van der Waals surface area contributed by atoms with Crippen LogP contribution in [-0.4, -0.2) is 44.8 Å². The number of halogens is 3. The highest BCUT2D eigenvalue weighted by Crippen LogP contribution is 2.36. The summed E-state index contributed by atoms with van der Waals surface area (Å²) in [5.74, 6) is -1.35. The van der Waals surface area contributed by atoms with E-state index in [0.29, 0.717) is 16.4 Å². The van der Waals surface area contributed by atoms with Crippen LogP contribution in [0.15, 0.2) is 59.8 Å². The molecule has 39 heavy (non-hydrogen) atoms. The van der Waals surface area contributed by atoms with Crippen molar-refractivity contribution in [2.45, 2.75) is 44.1 Å². The fourth-order valence-corrected chi connectivity index (χ4v) is 4.88. The van der Waals surface area contributed by atoms with E-state index in [4.69, 9.17) is 15.5 Å². The number of carbonyl (C=O) groups excluding carboxylic acids is 2. The molecule has 1 unspecified atom stereocenters. The van der Waals surface area contributed by atoms with Gasteiger partial charge in [0.25, 0.3) is 5.91 Å². The van der Waals surface area contributed by atoms with Crippen molar-refractivity contribution in [3.8, 4) is 5.75 Å². The number of rotatable bonds is 8. The molecule has 0 aliphatic rings. The van der Waals surface area contributed by atoms with Gasteiger partial charge in [-0.25, -0.2) is 14.3 Å². The molecule has 0 fully saturated rings. The lowest BCUT2D eigenvalue weighted by Crippen LogP contribution is -2.31. The van der Waals surface area contributed by atoms with Gasteiger partial charge >= 0.3 is 12.5 Å². The van der Waals surface area contributed by atoms with Gasteiger partial charge < -0.3 is 20.5 Å². The summed E-state index contributed by atoms with van der Waals surface area (Å²) < 4.78 is 49.0. The van der Waals surface area contributed by atoms with Crippen LogP contribution in [0.4, 0.5) is 18.0 Å². The average molecular weight is 562 g/mol. The molecule has 0 saturated carbocycles. The first kappa shape index (κ1) is 28.0. The molecule has 9 nitrogen and oxygen atoms in total. The van der Waals surface area contributed by atoms with Crippen LogP contribution in [0, 0.1) is 5.41 Å². The lowest BCUT2D eigenvalue weighted by molar-refractivity contribution is -0.274. The van der Waals surface area contributed by atoms with E-state index < -0.39 is 24.1 Å². The summed E-state index contributed by atoms with van der Waals surface area (Å²) >= 11 is 1.37. The number of para-hydroxylation sites is 2. The molecule has 0 saturated heterocycles. The zero-order valence-electron chi connectivity index (χ0n) is 21.3. The molecule has 0 aliphatic heterocycles. The summed E-state index contributed by atoms with van der Waals surface area (Å²) in [7, 11) is 0. The Kier molecular flexibility index (Phi) is 7.91. The number of hydrogen-bond acceptors (Lipinski definition) is 7. The fourth-order valence-electron chi connectivity index (χ4n) is 3.75. The predicted octanol–water partition coefficient (Wildman–Crippen LogP) is 5.31. The summed E-state index contributed by atoms with van der Waals surface area (Å²) in [6, 6.07) is 14.3. The molecule has 13 heteroatoms. The molecule has 2 amide bonds. The Hall–Kier alpha value is -4.00. The number of aromatic nitrogens is 3. The smallest absolute Gasteiger partial charge is 0.448 e. The van der Waals surface area contributed by atoms with Crippen LogP contribution in [0.25, 0.3) is 16.4 Å². The summed E-state index contributed by atoms with van der Waals surface area (Å²) in [4.78, 5) is 28.8. The Morgan fingerprint density at radius 1 is 1.10 bits per heavy atom. The minimum atomic E-state index is -4.94. The molecule has 206 valence electrons. The molecule has 2 heterocycles. The number of fused-ring (bicyclic) bond motifs is 3. The molecule has 2 aromatic heterocycles. The van der Waals surface area contributed by atoms with Crippen molar-refractivity contribution in [3.63, 3.8) is 0 Å². The third kappa shape index (κ3) is 6.91. The number of nitrogens with two attached hydrogens (primary N) is 1. The van der Waals surface area contributed by atoms with Gasteiger partial charge in [-0.3, -0.25) is 4.79 Å². The topological polar surface area (TPSA) is 121 Å². The maximum Gasteiger partial charge on any atom is 0.573 e. The number of primary amides is 1. The number of benzene rings is 2. The SMILES string of the molecule is CC(C)(C)C(COC(N)=O)Sc1nc2ccccc2c2cc(CNC(=O)c3ccccc3OC(F)(F)F)nn12. The summed E-state index contributed by atoms with van der Waals surface area (Å²) in [5.41, 5.74) is 6.52. The van der Waals surface area contributed by atoms with Crippen LogP contribution in [0.1, 0.15) is 36.8 Å². The van der Waals surface area contributed by atoms with E-state index in [1.165, 1.54) is 30.0 Å². The second-order valence-electron chi connectivity index (χ2n) is 9.67. The van der Waals surface area contributed by atoms with Crippen molar-refractivity contribution in [2.24, 2.45) is 11.1 Å². The second-order valence-corrected chi connectivity index (χ2v) is 10.8. The quantitative estimate of drug-likeness (QED) is 0.221. The Balaban J connectivity index is 1.65. The van der Waals surface area contributed by atoms with Crippen molar-refractivity contribution >= 4 is 40.2 Å². The first-order valence-electron chi connectivity index (χ1n) is 11.8. The fraction of sp³-hybridized carbons (Fsp3) is 0.308. The van der Waals surface area contributed by atoms with Crippen LogP contribution >= 0.6 is 11.8 Å². The van der Waals surface area contributed by atoms with E-state index in [0.717, 1.165) is 17.0 Å². The van der Waals surface area contributed by atoms with Crippen molar-refractivity contribution in [2.75, 3.05) is 6.61 Å². The Morgan fingerprint density at radius 2 is 1.79 bits per heavy atom. The van der Waals surface area contributed by atoms with Crippen LogP contribution in [0.5, 0.6) is 5.75 Å². The highest BCUT2D eigenvalue weighted by molar-refractivity contribution is 7.99. The first-order chi connectivity index (χ1) is 18.3. The Labute approximate surface area is 225 Å². The molecule has 3 N–H and O–H groups in total. The van der Waals surface area contributed by atoms with Gasteiger partial charge in [-0.05, 0) is 29.7 Å². The van der Waals surface area contributed by atoms with E-state index in [9.17, 15) is 22.8 Å². The highest BCUT2D eigenvalue weighted by atomic mass is 32.2. The Morgan fingerprint density at radius 3 is 2.49 bits per heavy atom. The van der Waals surface area contributed by atoms with Gasteiger partial charge in [-0.15, -0.1) is 13.2 Å². The van der Waals surface area contributed by atoms with Crippen LogP contribution < -0.4 is 15.8 Å². The zero-order chi connectivity index (χ0) is 28.4. The normalized spacial score (nSPS) is 12.9. The van der Waals surface area contributed by atoms with E-state index in [1.54, 1.807) is 10.6 Å². The first-order valence-corrected chi connectivity index (χ1v) is 12.7. The molecule has 0 bridgehead atoms.